The summed E-state index contributed by atoms with van der Waals surface area (Å²) in [5.74, 6) is -0.00858. The normalized spacial score (nSPS) is 12.3. The summed E-state index contributed by atoms with van der Waals surface area (Å²) >= 11 is 0. The maximum Gasteiger partial charge on any atom is 0.253 e. The van der Waals surface area contributed by atoms with Crippen molar-refractivity contribution in [1.29, 1.82) is 0 Å². The summed E-state index contributed by atoms with van der Waals surface area (Å²) in [6.07, 6.45) is 3.73. The lowest BCUT2D eigenvalue weighted by atomic mass is 9.88. The molecular formula is C20H18N2O. The Morgan fingerprint density at radius 3 is 2.65 bits per heavy atom. The van der Waals surface area contributed by atoms with Crippen molar-refractivity contribution < 1.29 is 4.79 Å². The second-order valence-corrected chi connectivity index (χ2v) is 5.88. The smallest absolute Gasteiger partial charge is 0.253 e. The number of hydrogen-bond donors (Lipinski definition) is 2. The van der Waals surface area contributed by atoms with Gasteiger partial charge in [0, 0.05) is 24.0 Å². The highest BCUT2D eigenvalue weighted by Gasteiger charge is 2.23. The topological polar surface area (TPSA) is 44.9 Å². The zero-order valence-corrected chi connectivity index (χ0v) is 12.8. The van der Waals surface area contributed by atoms with Gasteiger partial charge in [0.2, 0.25) is 0 Å². The molecule has 2 aromatic carbocycles. The number of aromatic amines is 1. The molecule has 0 saturated carbocycles. The number of benzene rings is 2. The molecule has 1 heterocycles. The van der Waals surface area contributed by atoms with Crippen LogP contribution in [-0.4, -0.2) is 10.9 Å². The molecule has 1 aliphatic carbocycles. The van der Waals surface area contributed by atoms with E-state index in [0.717, 1.165) is 35.2 Å². The van der Waals surface area contributed by atoms with Gasteiger partial charge in [-0.2, -0.15) is 0 Å². The van der Waals surface area contributed by atoms with Crippen LogP contribution in [0.4, 0.5) is 0 Å². The number of rotatable bonds is 3. The van der Waals surface area contributed by atoms with E-state index in [-0.39, 0.29) is 5.91 Å². The van der Waals surface area contributed by atoms with Crippen LogP contribution in [0.25, 0.3) is 11.3 Å². The first-order chi connectivity index (χ1) is 11.3. The summed E-state index contributed by atoms with van der Waals surface area (Å²) in [5, 5.41) is 3.02. The Morgan fingerprint density at radius 2 is 1.78 bits per heavy atom. The van der Waals surface area contributed by atoms with E-state index in [1.165, 1.54) is 11.1 Å². The summed E-state index contributed by atoms with van der Waals surface area (Å²) < 4.78 is 0. The zero-order chi connectivity index (χ0) is 15.6. The molecule has 2 N–H and O–H groups in total. The van der Waals surface area contributed by atoms with E-state index >= 15 is 0 Å². The Labute approximate surface area is 135 Å². The molecule has 0 unspecified atom stereocenters. The highest BCUT2D eigenvalue weighted by atomic mass is 16.1. The van der Waals surface area contributed by atoms with Gasteiger partial charge < -0.3 is 10.3 Å². The van der Waals surface area contributed by atoms with Crippen LogP contribution in [-0.2, 0) is 19.4 Å². The number of aromatic nitrogens is 1. The SMILES string of the molecule is O=C(NCc1ccccc1)c1c[nH]c2c1CCc1ccccc1-2. The minimum Gasteiger partial charge on any atom is -0.360 e. The molecule has 3 nitrogen and oxygen atoms in total. The first-order valence-electron chi connectivity index (χ1n) is 7.93. The zero-order valence-electron chi connectivity index (χ0n) is 12.8. The Balaban J connectivity index is 1.57. The number of carbonyl (C=O) groups is 1. The van der Waals surface area contributed by atoms with E-state index in [1.54, 1.807) is 0 Å². The molecule has 0 atom stereocenters. The van der Waals surface area contributed by atoms with Gasteiger partial charge in [0.05, 0.1) is 5.56 Å². The van der Waals surface area contributed by atoms with Crippen LogP contribution >= 0.6 is 0 Å². The van der Waals surface area contributed by atoms with Crippen LogP contribution in [0.15, 0.2) is 60.8 Å². The van der Waals surface area contributed by atoms with Crippen molar-refractivity contribution in [2.75, 3.05) is 0 Å². The molecule has 1 aromatic heterocycles. The highest BCUT2D eigenvalue weighted by molar-refractivity contribution is 5.98. The molecule has 0 fully saturated rings. The van der Waals surface area contributed by atoms with Crippen molar-refractivity contribution in [1.82, 2.24) is 10.3 Å². The highest BCUT2D eigenvalue weighted by Crippen LogP contribution is 2.34. The van der Waals surface area contributed by atoms with Gasteiger partial charge in [0.15, 0.2) is 0 Å². The Hall–Kier alpha value is -2.81. The van der Waals surface area contributed by atoms with Crippen LogP contribution in [0, 0.1) is 0 Å². The average Bonchev–Trinajstić information content (AvgIpc) is 3.05. The molecular weight excluding hydrogens is 284 g/mol. The van der Waals surface area contributed by atoms with Crippen molar-refractivity contribution in [3.8, 4) is 11.3 Å². The van der Waals surface area contributed by atoms with Gasteiger partial charge in [-0.05, 0) is 29.5 Å². The molecule has 1 aliphatic rings. The summed E-state index contributed by atoms with van der Waals surface area (Å²) in [6, 6.07) is 18.4. The molecule has 1 amide bonds. The van der Waals surface area contributed by atoms with Crippen LogP contribution in [0.5, 0.6) is 0 Å². The average molecular weight is 302 g/mol. The van der Waals surface area contributed by atoms with E-state index in [1.807, 2.05) is 42.6 Å². The van der Waals surface area contributed by atoms with Crippen molar-refractivity contribution in [3.63, 3.8) is 0 Å². The van der Waals surface area contributed by atoms with Gasteiger partial charge in [-0.3, -0.25) is 4.79 Å². The van der Waals surface area contributed by atoms with Crippen LogP contribution in [0.2, 0.25) is 0 Å². The van der Waals surface area contributed by atoms with Gasteiger partial charge in [-0.15, -0.1) is 0 Å². The number of carbonyl (C=O) groups excluding carboxylic acids is 1. The number of fused-ring (bicyclic) bond motifs is 3. The predicted octanol–water partition coefficient (Wildman–Crippen LogP) is 3.71. The maximum atomic E-state index is 12.5. The third-order valence-electron chi connectivity index (χ3n) is 4.46. The van der Waals surface area contributed by atoms with Crippen LogP contribution in [0.3, 0.4) is 0 Å². The lowest BCUT2D eigenvalue weighted by Gasteiger charge is -2.17. The van der Waals surface area contributed by atoms with E-state index < -0.39 is 0 Å². The fourth-order valence-electron chi connectivity index (χ4n) is 3.27. The van der Waals surface area contributed by atoms with Crippen molar-refractivity contribution in [3.05, 3.63) is 83.0 Å². The Kier molecular flexibility index (Phi) is 3.46. The summed E-state index contributed by atoms with van der Waals surface area (Å²) in [7, 11) is 0. The monoisotopic (exact) mass is 302 g/mol. The molecule has 3 heteroatoms. The third-order valence-corrected chi connectivity index (χ3v) is 4.46. The van der Waals surface area contributed by atoms with E-state index in [2.05, 4.69) is 28.5 Å². The molecule has 3 aromatic rings. The molecule has 0 aliphatic heterocycles. The standard InChI is InChI=1S/C20H18N2O/c23-20(22-12-14-6-2-1-3-7-14)18-13-21-19-16-9-5-4-8-15(16)10-11-17(18)19/h1-9,13,21H,10-12H2,(H,22,23). The minimum absolute atomic E-state index is 0.00858. The van der Waals surface area contributed by atoms with Crippen molar-refractivity contribution in [2.45, 2.75) is 19.4 Å². The second kappa shape index (κ2) is 5.76. The lowest BCUT2D eigenvalue weighted by molar-refractivity contribution is 0.0950. The Bertz CT molecular complexity index is 849. The molecule has 0 spiro atoms. The summed E-state index contributed by atoms with van der Waals surface area (Å²) in [4.78, 5) is 15.8. The quantitative estimate of drug-likeness (QED) is 0.761. The van der Waals surface area contributed by atoms with E-state index in [4.69, 9.17) is 0 Å². The van der Waals surface area contributed by atoms with Crippen molar-refractivity contribution >= 4 is 5.91 Å². The third kappa shape index (κ3) is 2.55. The Morgan fingerprint density at radius 1 is 1.00 bits per heavy atom. The van der Waals surface area contributed by atoms with Crippen LogP contribution < -0.4 is 5.32 Å². The first-order valence-corrected chi connectivity index (χ1v) is 7.93. The van der Waals surface area contributed by atoms with Gasteiger partial charge in [-0.25, -0.2) is 0 Å². The van der Waals surface area contributed by atoms with Gasteiger partial charge >= 0.3 is 0 Å². The van der Waals surface area contributed by atoms with Gasteiger partial charge in [0.25, 0.3) is 5.91 Å². The molecule has 114 valence electrons. The molecule has 23 heavy (non-hydrogen) atoms. The lowest BCUT2D eigenvalue weighted by Crippen LogP contribution is -2.23. The molecule has 0 radical (unpaired) electrons. The maximum absolute atomic E-state index is 12.5. The summed E-state index contributed by atoms with van der Waals surface area (Å²) in [5.41, 5.74) is 6.67. The second-order valence-electron chi connectivity index (χ2n) is 5.88. The first kappa shape index (κ1) is 13.8. The van der Waals surface area contributed by atoms with E-state index in [0.29, 0.717) is 6.54 Å². The molecule has 4 rings (SSSR count). The minimum atomic E-state index is -0.00858. The van der Waals surface area contributed by atoms with Gasteiger partial charge in [0.1, 0.15) is 0 Å². The summed E-state index contributed by atoms with van der Waals surface area (Å²) in [6.45, 7) is 0.552. The molecule has 0 saturated heterocycles. The van der Waals surface area contributed by atoms with Crippen molar-refractivity contribution in [2.24, 2.45) is 0 Å². The number of nitrogens with one attached hydrogen (secondary N) is 2. The molecule has 0 bridgehead atoms. The fourth-order valence-corrected chi connectivity index (χ4v) is 3.27. The number of aryl methyl sites for hydroxylation is 1. The van der Waals surface area contributed by atoms with E-state index in [9.17, 15) is 4.79 Å². The largest absolute Gasteiger partial charge is 0.360 e. The van der Waals surface area contributed by atoms with Gasteiger partial charge in [-0.1, -0.05) is 54.6 Å². The number of hydrogen-bond acceptors (Lipinski definition) is 1. The van der Waals surface area contributed by atoms with Crippen LogP contribution in [0.1, 0.15) is 27.0 Å². The number of amides is 1. The fraction of sp³-hybridized carbons (Fsp3) is 0.150. The predicted molar refractivity (Wildman–Crippen MR) is 91.2 cm³/mol. The number of H-pyrrole nitrogens is 1.